The van der Waals surface area contributed by atoms with Crippen LogP contribution in [-0.4, -0.2) is 32.3 Å². The molecule has 1 aromatic rings. The number of nitrogens with zero attached hydrogens (tertiary/aromatic N) is 1. The van der Waals surface area contributed by atoms with E-state index >= 15 is 0 Å². The first-order valence-corrected chi connectivity index (χ1v) is 8.72. The first kappa shape index (κ1) is 16.0. The number of nitrogens with two attached hydrogens (primary N) is 1. The van der Waals surface area contributed by atoms with Gasteiger partial charge in [-0.15, -0.1) is 0 Å². The number of benzene rings is 1. The molecule has 2 N–H and O–H groups in total. The van der Waals surface area contributed by atoms with Crippen molar-refractivity contribution in [1.82, 2.24) is 4.90 Å². The zero-order chi connectivity index (χ0) is 15.8. The Morgan fingerprint density at radius 2 is 2.00 bits per heavy atom. The monoisotopic (exact) mass is 310 g/mol. The number of carbonyl (C=O) groups excluding carboxylic acids is 1. The standard InChI is InChI=1S/C15H22N2O3S/c1-4-12-5-6-17(9-12)15(18)13-8-14(21(16,19)20)11(3)7-10(13)2/h7-8,12H,4-6,9H2,1-3H3,(H2,16,19,20). The van der Waals surface area contributed by atoms with Gasteiger partial charge in [-0.3, -0.25) is 4.79 Å². The van der Waals surface area contributed by atoms with E-state index < -0.39 is 10.0 Å². The molecule has 1 aromatic carbocycles. The Balaban J connectivity index is 2.38. The molecular weight excluding hydrogens is 288 g/mol. The molecule has 1 amide bonds. The Labute approximate surface area is 126 Å². The van der Waals surface area contributed by atoms with Gasteiger partial charge in [0.1, 0.15) is 0 Å². The van der Waals surface area contributed by atoms with Gasteiger partial charge in [-0.05, 0) is 43.4 Å². The minimum Gasteiger partial charge on any atom is -0.338 e. The summed E-state index contributed by atoms with van der Waals surface area (Å²) in [6.45, 7) is 7.10. The molecule has 0 saturated carbocycles. The van der Waals surface area contributed by atoms with Gasteiger partial charge < -0.3 is 4.90 Å². The summed E-state index contributed by atoms with van der Waals surface area (Å²) in [4.78, 5) is 14.4. The van der Waals surface area contributed by atoms with Crippen LogP contribution >= 0.6 is 0 Å². The van der Waals surface area contributed by atoms with E-state index in [-0.39, 0.29) is 10.8 Å². The number of aryl methyl sites for hydroxylation is 2. The Hall–Kier alpha value is -1.40. The Bertz CT molecular complexity index is 668. The maximum Gasteiger partial charge on any atom is 0.254 e. The van der Waals surface area contributed by atoms with Crippen LogP contribution in [0, 0.1) is 19.8 Å². The van der Waals surface area contributed by atoms with E-state index in [0.717, 1.165) is 31.5 Å². The van der Waals surface area contributed by atoms with Crippen LogP contribution in [0.25, 0.3) is 0 Å². The molecule has 1 unspecified atom stereocenters. The third kappa shape index (κ3) is 3.27. The number of hydrogen-bond acceptors (Lipinski definition) is 3. The predicted octanol–water partition coefficient (Wildman–Crippen LogP) is 1.82. The molecule has 21 heavy (non-hydrogen) atoms. The van der Waals surface area contributed by atoms with Gasteiger partial charge in [0.25, 0.3) is 5.91 Å². The second kappa shape index (κ2) is 5.77. The molecule has 0 radical (unpaired) electrons. The van der Waals surface area contributed by atoms with Gasteiger partial charge in [-0.1, -0.05) is 19.4 Å². The fourth-order valence-corrected chi connectivity index (χ4v) is 3.68. The van der Waals surface area contributed by atoms with Crippen LogP contribution in [0.15, 0.2) is 17.0 Å². The van der Waals surface area contributed by atoms with Gasteiger partial charge in [-0.25, -0.2) is 13.6 Å². The number of rotatable bonds is 3. The van der Waals surface area contributed by atoms with Crippen molar-refractivity contribution in [2.24, 2.45) is 11.1 Å². The number of carbonyl (C=O) groups is 1. The molecule has 0 aliphatic carbocycles. The molecule has 0 bridgehead atoms. The van der Waals surface area contributed by atoms with Crippen molar-refractivity contribution in [3.05, 3.63) is 28.8 Å². The third-order valence-electron chi connectivity index (χ3n) is 4.21. The molecule has 1 atom stereocenters. The first-order chi connectivity index (χ1) is 9.74. The quantitative estimate of drug-likeness (QED) is 0.924. The van der Waals surface area contributed by atoms with Crippen LogP contribution in [0.4, 0.5) is 0 Å². The summed E-state index contributed by atoms with van der Waals surface area (Å²) in [6, 6.07) is 3.13. The minimum absolute atomic E-state index is 0.0303. The number of amides is 1. The molecule has 1 fully saturated rings. The smallest absolute Gasteiger partial charge is 0.254 e. The van der Waals surface area contributed by atoms with Gasteiger partial charge in [0.2, 0.25) is 10.0 Å². The van der Waals surface area contributed by atoms with E-state index in [1.54, 1.807) is 17.9 Å². The van der Waals surface area contributed by atoms with E-state index in [1.807, 2.05) is 6.92 Å². The number of hydrogen-bond donors (Lipinski definition) is 1. The average Bonchev–Trinajstić information content (AvgIpc) is 2.85. The van der Waals surface area contributed by atoms with Crippen LogP contribution < -0.4 is 5.14 Å². The van der Waals surface area contributed by atoms with Crippen molar-refractivity contribution in [3.63, 3.8) is 0 Å². The lowest BCUT2D eigenvalue weighted by atomic mass is 10.0. The molecule has 2 rings (SSSR count). The van der Waals surface area contributed by atoms with Crippen LogP contribution in [0.1, 0.15) is 41.3 Å². The van der Waals surface area contributed by atoms with Crippen molar-refractivity contribution < 1.29 is 13.2 Å². The Morgan fingerprint density at radius 3 is 2.52 bits per heavy atom. The molecule has 5 nitrogen and oxygen atoms in total. The zero-order valence-electron chi connectivity index (χ0n) is 12.7. The predicted molar refractivity (Wildman–Crippen MR) is 81.6 cm³/mol. The highest BCUT2D eigenvalue weighted by atomic mass is 32.2. The second-order valence-corrected chi connectivity index (χ2v) is 7.32. The molecule has 1 aliphatic heterocycles. The van der Waals surface area contributed by atoms with Gasteiger partial charge in [0.15, 0.2) is 0 Å². The van der Waals surface area contributed by atoms with Crippen molar-refractivity contribution in [2.45, 2.75) is 38.5 Å². The average molecular weight is 310 g/mol. The topological polar surface area (TPSA) is 80.5 Å². The first-order valence-electron chi connectivity index (χ1n) is 7.17. The van der Waals surface area contributed by atoms with Crippen molar-refractivity contribution in [2.75, 3.05) is 13.1 Å². The molecule has 116 valence electrons. The molecule has 0 spiro atoms. The van der Waals surface area contributed by atoms with E-state index in [0.29, 0.717) is 17.0 Å². The number of primary sulfonamides is 1. The van der Waals surface area contributed by atoms with Crippen LogP contribution in [0.2, 0.25) is 0 Å². The highest BCUT2D eigenvalue weighted by Crippen LogP contribution is 2.25. The fourth-order valence-electron chi connectivity index (χ4n) is 2.89. The Morgan fingerprint density at radius 1 is 1.33 bits per heavy atom. The second-order valence-electron chi connectivity index (χ2n) is 5.79. The molecule has 1 aliphatic rings. The van der Waals surface area contributed by atoms with Crippen LogP contribution in [0.5, 0.6) is 0 Å². The van der Waals surface area contributed by atoms with Crippen LogP contribution in [0.3, 0.4) is 0 Å². The summed E-state index contributed by atoms with van der Waals surface area (Å²) in [5.41, 5.74) is 1.78. The van der Waals surface area contributed by atoms with Gasteiger partial charge in [0.05, 0.1) is 4.90 Å². The maximum absolute atomic E-state index is 12.6. The minimum atomic E-state index is -3.82. The fraction of sp³-hybridized carbons (Fsp3) is 0.533. The lowest BCUT2D eigenvalue weighted by Crippen LogP contribution is -2.29. The van der Waals surface area contributed by atoms with Gasteiger partial charge in [0, 0.05) is 18.7 Å². The van der Waals surface area contributed by atoms with Crippen molar-refractivity contribution in [1.29, 1.82) is 0 Å². The zero-order valence-corrected chi connectivity index (χ0v) is 13.5. The van der Waals surface area contributed by atoms with Gasteiger partial charge in [-0.2, -0.15) is 0 Å². The summed E-state index contributed by atoms with van der Waals surface area (Å²) in [5.74, 6) is 0.436. The van der Waals surface area contributed by atoms with E-state index in [9.17, 15) is 13.2 Å². The molecule has 0 aromatic heterocycles. The van der Waals surface area contributed by atoms with Crippen LogP contribution in [-0.2, 0) is 10.0 Å². The van der Waals surface area contributed by atoms with Crippen molar-refractivity contribution in [3.8, 4) is 0 Å². The summed E-state index contributed by atoms with van der Waals surface area (Å²) >= 11 is 0. The maximum atomic E-state index is 12.6. The molecule has 1 heterocycles. The highest BCUT2D eigenvalue weighted by molar-refractivity contribution is 7.89. The third-order valence-corrected chi connectivity index (χ3v) is 5.26. The summed E-state index contributed by atoms with van der Waals surface area (Å²) < 4.78 is 23.2. The van der Waals surface area contributed by atoms with Crippen molar-refractivity contribution >= 4 is 15.9 Å². The number of likely N-dealkylation sites (tertiary alicyclic amines) is 1. The SMILES string of the molecule is CCC1CCN(C(=O)c2cc(S(N)(=O)=O)c(C)cc2C)C1. The Kier molecular flexibility index (Phi) is 4.39. The lowest BCUT2D eigenvalue weighted by Gasteiger charge is -2.19. The number of sulfonamides is 1. The summed E-state index contributed by atoms with van der Waals surface area (Å²) in [5, 5.41) is 5.22. The normalized spacial score (nSPS) is 19.0. The van der Waals surface area contributed by atoms with E-state index in [1.165, 1.54) is 6.07 Å². The molecule has 6 heteroatoms. The molecule has 1 saturated heterocycles. The summed E-state index contributed by atoms with van der Waals surface area (Å²) in [7, 11) is -3.82. The van der Waals surface area contributed by atoms with Gasteiger partial charge >= 0.3 is 0 Å². The van der Waals surface area contributed by atoms with E-state index in [2.05, 4.69) is 6.92 Å². The highest BCUT2D eigenvalue weighted by Gasteiger charge is 2.27. The summed E-state index contributed by atoms with van der Waals surface area (Å²) in [6.07, 6.45) is 2.06. The largest absolute Gasteiger partial charge is 0.338 e. The van der Waals surface area contributed by atoms with E-state index in [4.69, 9.17) is 5.14 Å². The molecular formula is C15H22N2O3S. The lowest BCUT2D eigenvalue weighted by molar-refractivity contribution is 0.0786.